The van der Waals surface area contributed by atoms with Crippen LogP contribution in [0.3, 0.4) is 0 Å². The molecule has 4 heteroatoms. The molecule has 1 aromatic carbocycles. The molecule has 0 saturated carbocycles. The van der Waals surface area contributed by atoms with E-state index in [0.29, 0.717) is 12.2 Å². The Morgan fingerprint density at radius 2 is 1.77 bits per heavy atom. The number of nitrogens with zero attached hydrogens (tertiary/aromatic N) is 2. The molecule has 0 N–H and O–H groups in total. The third-order valence-electron chi connectivity index (χ3n) is 4.43. The molecular formula is C18H24N2O2. The normalized spacial score (nSPS) is 24.7. The molecule has 0 spiro atoms. The van der Waals surface area contributed by atoms with Crippen LogP contribution >= 0.6 is 0 Å². The molecule has 0 radical (unpaired) electrons. The molecule has 2 saturated heterocycles. The highest BCUT2D eigenvalue weighted by Crippen LogP contribution is 2.19. The topological polar surface area (TPSA) is 45.5 Å². The summed E-state index contributed by atoms with van der Waals surface area (Å²) < 4.78 is 11.6. The summed E-state index contributed by atoms with van der Waals surface area (Å²) in [7, 11) is 0. The molecule has 2 fully saturated rings. The molecule has 0 amide bonds. The van der Waals surface area contributed by atoms with E-state index in [-0.39, 0.29) is 0 Å². The fourth-order valence-electron chi connectivity index (χ4n) is 3.35. The van der Waals surface area contributed by atoms with Gasteiger partial charge in [-0.25, -0.2) is 0 Å². The Morgan fingerprint density at radius 1 is 1.09 bits per heavy atom. The van der Waals surface area contributed by atoms with Gasteiger partial charge in [-0.15, -0.1) is 0 Å². The quantitative estimate of drug-likeness (QED) is 0.810. The van der Waals surface area contributed by atoms with Crippen molar-refractivity contribution >= 4 is 0 Å². The van der Waals surface area contributed by atoms with E-state index < -0.39 is 0 Å². The lowest BCUT2D eigenvalue weighted by Crippen LogP contribution is -2.37. The average molecular weight is 300 g/mol. The minimum Gasteiger partial charge on any atom is -0.377 e. The van der Waals surface area contributed by atoms with Crippen LogP contribution in [0.4, 0.5) is 0 Å². The lowest BCUT2D eigenvalue weighted by atomic mass is 10.1. The minimum absolute atomic E-state index is 0.348. The first kappa shape index (κ1) is 15.5. The number of benzene rings is 1. The van der Waals surface area contributed by atoms with Crippen molar-refractivity contribution in [2.75, 3.05) is 26.3 Å². The van der Waals surface area contributed by atoms with Gasteiger partial charge in [-0.3, -0.25) is 4.90 Å². The van der Waals surface area contributed by atoms with Gasteiger partial charge in [0.1, 0.15) is 0 Å². The zero-order valence-corrected chi connectivity index (χ0v) is 13.0. The second-order valence-electron chi connectivity index (χ2n) is 6.28. The fourth-order valence-corrected chi connectivity index (χ4v) is 3.35. The van der Waals surface area contributed by atoms with E-state index in [1.165, 1.54) is 18.4 Å². The second-order valence-corrected chi connectivity index (χ2v) is 6.28. The SMILES string of the molecule is N#Cc1cccc(CN(CC2CCCO2)CC2CCCO2)c1. The molecule has 2 aliphatic heterocycles. The van der Waals surface area contributed by atoms with Crippen molar-refractivity contribution in [3.63, 3.8) is 0 Å². The number of ether oxygens (including phenoxy) is 2. The average Bonchev–Trinajstić information content (AvgIpc) is 3.21. The van der Waals surface area contributed by atoms with Crippen LogP contribution in [0.25, 0.3) is 0 Å². The maximum Gasteiger partial charge on any atom is 0.0991 e. The maximum absolute atomic E-state index is 9.05. The Bertz CT molecular complexity index is 496. The van der Waals surface area contributed by atoms with Gasteiger partial charge in [0.2, 0.25) is 0 Å². The number of rotatable bonds is 6. The van der Waals surface area contributed by atoms with Crippen LogP contribution in [0.5, 0.6) is 0 Å². The summed E-state index contributed by atoms with van der Waals surface area (Å²) in [6, 6.07) is 10.1. The van der Waals surface area contributed by atoms with Gasteiger partial charge in [0.05, 0.1) is 23.8 Å². The smallest absolute Gasteiger partial charge is 0.0991 e. The van der Waals surface area contributed by atoms with Crippen molar-refractivity contribution in [3.05, 3.63) is 35.4 Å². The predicted molar refractivity (Wildman–Crippen MR) is 84.4 cm³/mol. The highest BCUT2D eigenvalue weighted by atomic mass is 16.5. The third kappa shape index (κ3) is 4.30. The Hall–Kier alpha value is -1.41. The maximum atomic E-state index is 9.05. The molecule has 118 valence electrons. The van der Waals surface area contributed by atoms with Crippen LogP contribution in [0, 0.1) is 11.3 Å². The molecule has 0 aromatic heterocycles. The summed E-state index contributed by atoms with van der Waals surface area (Å²) in [6.07, 6.45) is 5.34. The molecule has 0 aliphatic carbocycles. The van der Waals surface area contributed by atoms with Crippen LogP contribution in [0.2, 0.25) is 0 Å². The lowest BCUT2D eigenvalue weighted by Gasteiger charge is -2.27. The van der Waals surface area contributed by atoms with Crippen molar-refractivity contribution in [1.29, 1.82) is 5.26 Å². The van der Waals surface area contributed by atoms with E-state index in [0.717, 1.165) is 51.3 Å². The third-order valence-corrected chi connectivity index (χ3v) is 4.43. The molecular weight excluding hydrogens is 276 g/mol. The molecule has 0 bridgehead atoms. The van der Waals surface area contributed by atoms with Gasteiger partial charge in [0.15, 0.2) is 0 Å². The highest BCUT2D eigenvalue weighted by molar-refractivity contribution is 5.32. The molecule has 1 aromatic rings. The second kappa shape index (κ2) is 7.73. The van der Waals surface area contributed by atoms with E-state index >= 15 is 0 Å². The first-order valence-corrected chi connectivity index (χ1v) is 8.28. The first-order chi connectivity index (χ1) is 10.8. The summed E-state index contributed by atoms with van der Waals surface area (Å²) in [5.41, 5.74) is 1.92. The van der Waals surface area contributed by atoms with Gasteiger partial charge in [-0.2, -0.15) is 5.26 Å². The zero-order chi connectivity index (χ0) is 15.2. The number of nitriles is 1. The summed E-state index contributed by atoms with van der Waals surface area (Å²) in [5, 5.41) is 9.05. The lowest BCUT2D eigenvalue weighted by molar-refractivity contribution is 0.0346. The Morgan fingerprint density at radius 3 is 2.32 bits per heavy atom. The molecule has 3 rings (SSSR count). The van der Waals surface area contributed by atoms with E-state index in [9.17, 15) is 0 Å². The van der Waals surface area contributed by atoms with Crippen LogP contribution in [-0.2, 0) is 16.0 Å². The van der Waals surface area contributed by atoms with Crippen molar-refractivity contribution in [3.8, 4) is 6.07 Å². The van der Waals surface area contributed by atoms with Crippen molar-refractivity contribution in [2.24, 2.45) is 0 Å². The summed E-state index contributed by atoms with van der Waals surface area (Å²) >= 11 is 0. The summed E-state index contributed by atoms with van der Waals surface area (Å²) in [6.45, 7) is 4.55. The van der Waals surface area contributed by atoms with Gasteiger partial charge in [0.25, 0.3) is 0 Å². The largest absolute Gasteiger partial charge is 0.377 e. The van der Waals surface area contributed by atoms with Gasteiger partial charge in [-0.1, -0.05) is 12.1 Å². The Kier molecular flexibility index (Phi) is 5.44. The number of hydrogen-bond acceptors (Lipinski definition) is 4. The summed E-state index contributed by atoms with van der Waals surface area (Å²) in [5.74, 6) is 0. The Labute approximate surface area is 132 Å². The van der Waals surface area contributed by atoms with E-state index in [4.69, 9.17) is 14.7 Å². The van der Waals surface area contributed by atoms with Gasteiger partial charge >= 0.3 is 0 Å². The standard InChI is InChI=1S/C18H24N2O2/c19-11-15-4-1-5-16(10-15)12-20(13-17-6-2-8-21-17)14-18-7-3-9-22-18/h1,4-5,10,17-18H,2-3,6-9,12-14H2. The predicted octanol–water partition coefficient (Wildman–Crippen LogP) is 2.72. The van der Waals surface area contributed by atoms with Gasteiger partial charge in [0, 0.05) is 32.8 Å². The summed E-state index contributed by atoms with van der Waals surface area (Å²) in [4.78, 5) is 2.43. The van der Waals surface area contributed by atoms with Crippen LogP contribution < -0.4 is 0 Å². The molecule has 4 nitrogen and oxygen atoms in total. The van der Waals surface area contributed by atoms with Crippen molar-refractivity contribution < 1.29 is 9.47 Å². The van der Waals surface area contributed by atoms with Crippen LogP contribution in [-0.4, -0.2) is 43.4 Å². The van der Waals surface area contributed by atoms with E-state index in [1.54, 1.807) is 0 Å². The van der Waals surface area contributed by atoms with Gasteiger partial charge in [-0.05, 0) is 43.4 Å². The molecule has 2 heterocycles. The Balaban J connectivity index is 1.64. The zero-order valence-electron chi connectivity index (χ0n) is 13.0. The molecule has 22 heavy (non-hydrogen) atoms. The van der Waals surface area contributed by atoms with E-state index in [2.05, 4.69) is 17.0 Å². The van der Waals surface area contributed by atoms with Gasteiger partial charge < -0.3 is 9.47 Å². The monoisotopic (exact) mass is 300 g/mol. The van der Waals surface area contributed by atoms with Crippen LogP contribution in [0.1, 0.15) is 36.8 Å². The fraction of sp³-hybridized carbons (Fsp3) is 0.611. The molecule has 2 atom stereocenters. The molecule has 2 aliphatic rings. The van der Waals surface area contributed by atoms with Crippen molar-refractivity contribution in [2.45, 2.75) is 44.4 Å². The molecule has 2 unspecified atom stereocenters. The minimum atomic E-state index is 0.348. The highest BCUT2D eigenvalue weighted by Gasteiger charge is 2.24. The van der Waals surface area contributed by atoms with E-state index in [1.807, 2.05) is 18.2 Å². The number of hydrogen-bond donors (Lipinski definition) is 0. The van der Waals surface area contributed by atoms with Crippen molar-refractivity contribution in [1.82, 2.24) is 4.90 Å². The van der Waals surface area contributed by atoms with Crippen LogP contribution in [0.15, 0.2) is 24.3 Å². The first-order valence-electron chi connectivity index (χ1n) is 8.28.